The second kappa shape index (κ2) is 55.0. The summed E-state index contributed by atoms with van der Waals surface area (Å²) in [7, 11) is 1.47. The van der Waals surface area contributed by atoms with E-state index in [1.54, 1.807) is 0 Å². The van der Waals surface area contributed by atoms with Crippen molar-refractivity contribution in [2.45, 2.75) is 264 Å². The van der Waals surface area contributed by atoms with Crippen LogP contribution >= 0.6 is 7.82 Å². The monoisotopic (exact) mass is 1060 g/mol. The lowest BCUT2D eigenvalue weighted by molar-refractivity contribution is -0.870. The average Bonchev–Trinajstić information content (AvgIpc) is 3.36. The molecule has 0 aromatic rings. The van der Waals surface area contributed by atoms with Gasteiger partial charge in [-0.25, -0.2) is 4.57 Å². The number of carbonyl (C=O) groups is 2. The third kappa shape index (κ3) is 58.5. The zero-order chi connectivity index (χ0) is 54.2. The number of unbranched alkanes of at least 4 members (excludes halogenated alkanes) is 27. The van der Waals surface area contributed by atoms with E-state index in [-0.39, 0.29) is 32.0 Å². The van der Waals surface area contributed by atoms with E-state index in [0.29, 0.717) is 17.4 Å². The average molecular weight is 1060 g/mol. The topological polar surface area (TPSA) is 108 Å². The molecule has 1 N–H and O–H groups in total. The zero-order valence-electron chi connectivity index (χ0n) is 48.6. The Morgan fingerprint density at radius 3 is 1.15 bits per heavy atom. The summed E-state index contributed by atoms with van der Waals surface area (Å²) in [5.74, 6) is -0.809. The van der Waals surface area contributed by atoms with Gasteiger partial charge in [-0.05, 0) is 89.9 Å². The van der Waals surface area contributed by atoms with Crippen molar-refractivity contribution in [3.63, 3.8) is 0 Å². The van der Waals surface area contributed by atoms with Gasteiger partial charge in [0, 0.05) is 12.8 Å². The van der Waals surface area contributed by atoms with Crippen LogP contribution in [0.25, 0.3) is 0 Å². The molecule has 0 heterocycles. The number of quaternary nitrogens is 1. The molecule has 0 bridgehead atoms. The van der Waals surface area contributed by atoms with Crippen molar-refractivity contribution in [2.75, 3.05) is 47.5 Å². The summed E-state index contributed by atoms with van der Waals surface area (Å²) in [6.07, 6.45) is 73.8. The van der Waals surface area contributed by atoms with E-state index in [2.05, 4.69) is 98.9 Å². The van der Waals surface area contributed by atoms with Crippen LogP contribution in [-0.2, 0) is 32.7 Å². The predicted octanol–water partition coefficient (Wildman–Crippen LogP) is 19.0. The largest absolute Gasteiger partial charge is 0.472 e. The van der Waals surface area contributed by atoms with Crippen molar-refractivity contribution >= 4 is 19.8 Å². The normalized spacial score (nSPS) is 13.9. The molecule has 0 aromatic heterocycles. The van der Waals surface area contributed by atoms with E-state index in [9.17, 15) is 19.0 Å². The van der Waals surface area contributed by atoms with Crippen molar-refractivity contribution < 1.29 is 42.1 Å². The number of hydrogen-bond acceptors (Lipinski definition) is 7. The third-order valence-electron chi connectivity index (χ3n) is 12.9. The third-order valence-corrected chi connectivity index (χ3v) is 13.9. The Hall–Kier alpha value is -2.81. The van der Waals surface area contributed by atoms with Crippen molar-refractivity contribution in [1.29, 1.82) is 0 Å². The molecule has 0 aromatic carbocycles. The molecule has 9 nitrogen and oxygen atoms in total. The zero-order valence-corrected chi connectivity index (χ0v) is 49.5. The van der Waals surface area contributed by atoms with E-state index in [4.69, 9.17) is 18.5 Å². The number of phosphoric acid groups is 1. The number of allylic oxidation sites excluding steroid dienone is 14. The smallest absolute Gasteiger partial charge is 0.462 e. The van der Waals surface area contributed by atoms with Gasteiger partial charge in [0.05, 0.1) is 27.7 Å². The van der Waals surface area contributed by atoms with E-state index >= 15 is 0 Å². The molecule has 10 heteroatoms. The minimum absolute atomic E-state index is 0.0279. The predicted molar refractivity (Wildman–Crippen MR) is 316 cm³/mol. The molecule has 74 heavy (non-hydrogen) atoms. The Morgan fingerprint density at radius 1 is 0.432 bits per heavy atom. The quantitative estimate of drug-likeness (QED) is 0.0211. The maximum Gasteiger partial charge on any atom is 0.472 e. The highest BCUT2D eigenvalue weighted by atomic mass is 31.2. The van der Waals surface area contributed by atoms with Crippen molar-refractivity contribution in [3.8, 4) is 0 Å². The molecule has 0 saturated heterocycles. The maximum atomic E-state index is 12.8. The molecule has 0 aliphatic carbocycles. The van der Waals surface area contributed by atoms with Crippen LogP contribution in [-0.4, -0.2) is 74.9 Å². The molecule has 0 aliphatic rings. The SMILES string of the molecule is CC/C=C\C/C=C\C/C=C\C/C=C\C/C=C\CCCCCCCCCCCCCCCCCCCCCC(=O)OC(COC(=O)CCCCCCC/C=C\C/C=C\CCCCC)COP(=O)(O)OCC[N+](C)(C)C. The Morgan fingerprint density at radius 2 is 0.770 bits per heavy atom. The Balaban J connectivity index is 4.02. The summed E-state index contributed by atoms with van der Waals surface area (Å²) in [5.41, 5.74) is 0. The lowest BCUT2D eigenvalue weighted by Gasteiger charge is -2.24. The van der Waals surface area contributed by atoms with Crippen molar-refractivity contribution in [2.24, 2.45) is 0 Å². The number of nitrogens with zero attached hydrogens (tertiary/aromatic N) is 1. The van der Waals surface area contributed by atoms with Crippen molar-refractivity contribution in [1.82, 2.24) is 0 Å². The van der Waals surface area contributed by atoms with Gasteiger partial charge in [0.15, 0.2) is 6.10 Å². The van der Waals surface area contributed by atoms with Crippen LogP contribution in [0.3, 0.4) is 0 Å². The summed E-state index contributed by atoms with van der Waals surface area (Å²) in [4.78, 5) is 35.7. The first-order chi connectivity index (χ1) is 36.0. The fourth-order valence-electron chi connectivity index (χ4n) is 8.25. The molecule has 0 rings (SSSR count). The maximum absolute atomic E-state index is 12.8. The van der Waals surface area contributed by atoms with Gasteiger partial charge < -0.3 is 18.9 Å². The Labute approximate surface area is 456 Å². The summed E-state index contributed by atoms with van der Waals surface area (Å²) >= 11 is 0. The number of hydrogen-bond donors (Lipinski definition) is 1. The highest BCUT2D eigenvalue weighted by molar-refractivity contribution is 7.47. The molecule has 0 spiro atoms. The van der Waals surface area contributed by atoms with Gasteiger partial charge in [0.1, 0.15) is 19.8 Å². The van der Waals surface area contributed by atoms with Crippen LogP contribution in [0.1, 0.15) is 258 Å². The molecule has 0 radical (unpaired) electrons. The van der Waals surface area contributed by atoms with E-state index in [1.807, 2.05) is 21.1 Å². The van der Waals surface area contributed by atoms with Gasteiger partial charge in [-0.2, -0.15) is 0 Å². The lowest BCUT2D eigenvalue weighted by Crippen LogP contribution is -2.37. The van der Waals surface area contributed by atoms with Crippen LogP contribution in [0.15, 0.2) is 85.1 Å². The summed E-state index contributed by atoms with van der Waals surface area (Å²) in [6.45, 7) is 4.29. The summed E-state index contributed by atoms with van der Waals surface area (Å²) in [5, 5.41) is 0. The van der Waals surface area contributed by atoms with Crippen LogP contribution in [0.2, 0.25) is 0 Å². The highest BCUT2D eigenvalue weighted by Crippen LogP contribution is 2.43. The molecule has 0 saturated carbocycles. The molecule has 0 aliphatic heterocycles. The van der Waals surface area contributed by atoms with Crippen molar-refractivity contribution in [3.05, 3.63) is 85.1 Å². The van der Waals surface area contributed by atoms with Gasteiger partial charge in [-0.1, -0.05) is 240 Å². The highest BCUT2D eigenvalue weighted by Gasteiger charge is 2.27. The summed E-state index contributed by atoms with van der Waals surface area (Å²) < 4.78 is 34.5. The lowest BCUT2D eigenvalue weighted by atomic mass is 10.0. The molecule has 0 amide bonds. The van der Waals surface area contributed by atoms with Crippen LogP contribution in [0, 0.1) is 0 Å². The first kappa shape index (κ1) is 71.2. The van der Waals surface area contributed by atoms with E-state index in [1.165, 1.54) is 135 Å². The molecule has 2 atom stereocenters. The minimum Gasteiger partial charge on any atom is -0.462 e. The number of phosphoric ester groups is 1. The fourth-order valence-corrected chi connectivity index (χ4v) is 8.99. The first-order valence-corrected chi connectivity index (χ1v) is 31.8. The summed E-state index contributed by atoms with van der Waals surface area (Å²) in [6, 6.07) is 0. The Kier molecular flexibility index (Phi) is 52.9. The number of rotatable bonds is 55. The van der Waals surface area contributed by atoms with E-state index in [0.717, 1.165) is 89.9 Å². The number of likely N-dealkylation sites (N-methyl/N-ethyl adjacent to an activating group) is 1. The molecular formula is C64H115NO8P+. The van der Waals surface area contributed by atoms with Gasteiger partial charge in [0.25, 0.3) is 0 Å². The fraction of sp³-hybridized carbons (Fsp3) is 0.750. The molecule has 2 unspecified atom stereocenters. The molecule has 0 fully saturated rings. The van der Waals surface area contributed by atoms with E-state index < -0.39 is 26.5 Å². The minimum atomic E-state index is -4.39. The second-order valence-electron chi connectivity index (χ2n) is 21.4. The van der Waals surface area contributed by atoms with Crippen LogP contribution in [0.5, 0.6) is 0 Å². The Bertz CT molecular complexity index is 1520. The number of carbonyl (C=O) groups excluding carboxylic acids is 2. The molecular weight excluding hydrogens is 942 g/mol. The first-order valence-electron chi connectivity index (χ1n) is 30.3. The number of esters is 2. The standard InChI is InChI=1S/C64H114NO8P/c1-6-8-10-12-14-16-18-20-22-23-24-25-26-27-28-29-30-31-32-33-34-35-36-37-38-39-40-41-43-45-47-49-51-53-55-57-64(67)73-62(61-72-74(68,69)71-59-58-65(3,4)5)60-70-63(66)56-54-52-50-48-46-44-42-21-19-17-15-13-11-9-7-2/h8,10,14-17,20-22,24-25,27-28,42,62H,6-7,9,11-13,18-19,23,26,29-41,43-61H2,1-5H3/p+1/b10-8-,16-14-,17-15-,22-20-,25-24-,28-27-,42-21-. The molecule has 428 valence electrons. The van der Waals surface area contributed by atoms with Crippen LogP contribution < -0.4 is 0 Å². The van der Waals surface area contributed by atoms with Gasteiger partial charge in [-0.15, -0.1) is 0 Å². The van der Waals surface area contributed by atoms with Gasteiger partial charge >= 0.3 is 19.8 Å². The van der Waals surface area contributed by atoms with Gasteiger partial charge in [-0.3, -0.25) is 18.6 Å². The van der Waals surface area contributed by atoms with Gasteiger partial charge in [0.2, 0.25) is 0 Å². The van der Waals surface area contributed by atoms with Crippen LogP contribution in [0.4, 0.5) is 0 Å². The number of ether oxygens (including phenoxy) is 2. The second-order valence-corrected chi connectivity index (χ2v) is 22.8.